The summed E-state index contributed by atoms with van der Waals surface area (Å²) in [6, 6.07) is 5.60. The van der Waals surface area contributed by atoms with Crippen LogP contribution in [-0.2, 0) is 9.59 Å². The van der Waals surface area contributed by atoms with E-state index in [-0.39, 0.29) is 29.5 Å². The van der Waals surface area contributed by atoms with Crippen LogP contribution in [0.2, 0.25) is 5.02 Å². The van der Waals surface area contributed by atoms with Gasteiger partial charge in [-0.3, -0.25) is 9.59 Å². The molecule has 1 fully saturated rings. The zero-order valence-corrected chi connectivity index (χ0v) is 13.3. The molecule has 0 aromatic heterocycles. The van der Waals surface area contributed by atoms with E-state index in [1.165, 1.54) is 24.6 Å². The van der Waals surface area contributed by atoms with Crippen molar-refractivity contribution in [2.75, 3.05) is 5.32 Å². The van der Waals surface area contributed by atoms with Crippen molar-refractivity contribution in [3.63, 3.8) is 0 Å². The predicted octanol–water partition coefficient (Wildman–Crippen LogP) is 3.06. The third-order valence-corrected chi connectivity index (χ3v) is 5.36. The summed E-state index contributed by atoms with van der Waals surface area (Å²) >= 11 is 7.33. The molecule has 3 rings (SSSR count). The molecule has 0 bridgehead atoms. The first kappa shape index (κ1) is 14.7. The number of anilines is 1. The summed E-state index contributed by atoms with van der Waals surface area (Å²) in [5.74, 6) is 0.424. The van der Waals surface area contributed by atoms with Crippen LogP contribution in [0.15, 0.2) is 23.1 Å². The second-order valence-corrected chi connectivity index (χ2v) is 7.31. The van der Waals surface area contributed by atoms with Gasteiger partial charge in [-0.2, -0.15) is 0 Å². The van der Waals surface area contributed by atoms with E-state index in [0.717, 1.165) is 10.6 Å². The molecule has 2 atom stereocenters. The highest BCUT2D eigenvalue weighted by molar-refractivity contribution is 8.01. The summed E-state index contributed by atoms with van der Waals surface area (Å²) in [7, 11) is 0. The van der Waals surface area contributed by atoms with Crippen molar-refractivity contribution in [1.82, 2.24) is 5.32 Å². The molecule has 0 spiro atoms. The molecule has 6 heteroatoms. The Morgan fingerprint density at radius 2 is 2.29 bits per heavy atom. The molecule has 4 nitrogen and oxygen atoms in total. The van der Waals surface area contributed by atoms with Crippen molar-refractivity contribution in [2.24, 2.45) is 5.92 Å². The molecule has 1 heterocycles. The van der Waals surface area contributed by atoms with E-state index in [0.29, 0.717) is 10.9 Å². The largest absolute Gasteiger partial charge is 0.353 e. The van der Waals surface area contributed by atoms with Gasteiger partial charge in [-0.15, -0.1) is 11.8 Å². The molecule has 1 aromatic rings. The number of halogens is 1. The van der Waals surface area contributed by atoms with E-state index in [2.05, 4.69) is 10.6 Å². The number of hydrogen-bond acceptors (Lipinski definition) is 3. The van der Waals surface area contributed by atoms with Crippen molar-refractivity contribution in [3.05, 3.63) is 23.2 Å². The SMILES string of the molecule is C[C@@H](NC(=O)C[C@@H]1Sc2ccc(Cl)cc2NC1=O)C1CC1. The van der Waals surface area contributed by atoms with Gasteiger partial charge in [0.15, 0.2) is 0 Å². The third-order valence-electron chi connectivity index (χ3n) is 3.85. The fraction of sp³-hybridized carbons (Fsp3) is 0.467. The lowest BCUT2D eigenvalue weighted by molar-refractivity contribution is -0.124. The van der Waals surface area contributed by atoms with Crippen molar-refractivity contribution >= 4 is 40.9 Å². The molecular formula is C15H17ClN2O2S. The van der Waals surface area contributed by atoms with Crippen LogP contribution < -0.4 is 10.6 Å². The monoisotopic (exact) mass is 324 g/mol. The van der Waals surface area contributed by atoms with Crippen molar-refractivity contribution < 1.29 is 9.59 Å². The Hall–Kier alpha value is -1.20. The Morgan fingerprint density at radius 1 is 1.52 bits per heavy atom. The number of fused-ring (bicyclic) bond motifs is 1. The topological polar surface area (TPSA) is 58.2 Å². The molecule has 2 aliphatic rings. The number of carbonyl (C=O) groups is 2. The lowest BCUT2D eigenvalue weighted by Gasteiger charge is -2.24. The number of rotatable bonds is 4. The van der Waals surface area contributed by atoms with E-state index in [1.54, 1.807) is 12.1 Å². The quantitative estimate of drug-likeness (QED) is 0.895. The maximum absolute atomic E-state index is 12.1. The number of thioether (sulfide) groups is 1. The van der Waals surface area contributed by atoms with Crippen LogP contribution in [0.4, 0.5) is 5.69 Å². The first-order chi connectivity index (χ1) is 10.0. The second kappa shape index (κ2) is 5.89. The summed E-state index contributed by atoms with van der Waals surface area (Å²) < 4.78 is 0. The summed E-state index contributed by atoms with van der Waals surface area (Å²) in [4.78, 5) is 25.1. The lowest BCUT2D eigenvalue weighted by atomic mass is 10.2. The van der Waals surface area contributed by atoms with Gasteiger partial charge in [0.25, 0.3) is 0 Å². The Bertz CT molecular complexity index is 589. The smallest absolute Gasteiger partial charge is 0.238 e. The standard InChI is InChI=1S/C15H17ClN2O2S/c1-8(9-2-3-9)17-14(19)7-13-15(20)18-11-6-10(16)4-5-12(11)21-13/h4-6,8-9,13H,2-3,7H2,1H3,(H,17,19)(H,18,20)/t8-,13+/m1/s1. The maximum atomic E-state index is 12.1. The number of hydrogen-bond donors (Lipinski definition) is 2. The molecule has 112 valence electrons. The Balaban J connectivity index is 1.62. The van der Waals surface area contributed by atoms with E-state index >= 15 is 0 Å². The zero-order valence-electron chi connectivity index (χ0n) is 11.7. The Morgan fingerprint density at radius 3 is 3.00 bits per heavy atom. The summed E-state index contributed by atoms with van der Waals surface area (Å²) in [5, 5.41) is 6.01. The van der Waals surface area contributed by atoms with Gasteiger partial charge in [0.05, 0.1) is 10.9 Å². The summed E-state index contributed by atoms with van der Waals surface area (Å²) in [5.41, 5.74) is 0.723. The highest BCUT2D eigenvalue weighted by Gasteiger charge is 2.32. The van der Waals surface area contributed by atoms with Gasteiger partial charge >= 0.3 is 0 Å². The molecule has 0 saturated heterocycles. The van der Waals surface area contributed by atoms with Crippen molar-refractivity contribution in [1.29, 1.82) is 0 Å². The first-order valence-corrected chi connectivity index (χ1v) is 8.35. The molecular weight excluding hydrogens is 308 g/mol. The van der Waals surface area contributed by atoms with Gasteiger partial charge < -0.3 is 10.6 Å². The number of amides is 2. The summed E-state index contributed by atoms with van der Waals surface area (Å²) in [6.45, 7) is 2.03. The average Bonchev–Trinajstić information content (AvgIpc) is 3.24. The van der Waals surface area contributed by atoms with Crippen LogP contribution in [0.5, 0.6) is 0 Å². The Kier molecular flexibility index (Phi) is 4.13. The average molecular weight is 325 g/mol. The van der Waals surface area contributed by atoms with Crippen LogP contribution >= 0.6 is 23.4 Å². The van der Waals surface area contributed by atoms with E-state index in [4.69, 9.17) is 11.6 Å². The highest BCUT2D eigenvalue weighted by atomic mass is 35.5. The van der Waals surface area contributed by atoms with Gasteiger partial charge in [0.2, 0.25) is 11.8 Å². The highest BCUT2D eigenvalue weighted by Crippen LogP contribution is 2.38. The van der Waals surface area contributed by atoms with Crippen molar-refractivity contribution in [3.8, 4) is 0 Å². The first-order valence-electron chi connectivity index (χ1n) is 7.09. The zero-order chi connectivity index (χ0) is 15.0. The predicted molar refractivity (Wildman–Crippen MR) is 84.7 cm³/mol. The van der Waals surface area contributed by atoms with Crippen molar-refractivity contribution in [2.45, 2.75) is 42.4 Å². The minimum absolute atomic E-state index is 0.0561. The van der Waals surface area contributed by atoms with Crippen LogP contribution in [0.25, 0.3) is 0 Å². The van der Waals surface area contributed by atoms with E-state index < -0.39 is 0 Å². The third kappa shape index (κ3) is 3.52. The fourth-order valence-corrected chi connectivity index (χ4v) is 3.72. The summed E-state index contributed by atoms with van der Waals surface area (Å²) in [6.07, 6.45) is 2.58. The molecule has 2 amide bonds. The minimum Gasteiger partial charge on any atom is -0.353 e. The molecule has 0 unspecified atom stereocenters. The van der Waals surface area contributed by atoms with E-state index in [9.17, 15) is 9.59 Å². The molecule has 21 heavy (non-hydrogen) atoms. The molecule has 1 aliphatic heterocycles. The number of carbonyl (C=O) groups excluding carboxylic acids is 2. The maximum Gasteiger partial charge on any atom is 0.238 e. The fourth-order valence-electron chi connectivity index (χ4n) is 2.45. The van der Waals surface area contributed by atoms with Crippen LogP contribution in [0, 0.1) is 5.92 Å². The second-order valence-electron chi connectivity index (χ2n) is 5.63. The normalized spacial score (nSPS) is 22.2. The molecule has 1 aromatic carbocycles. The molecule has 1 aliphatic carbocycles. The van der Waals surface area contributed by atoms with Gasteiger partial charge in [-0.05, 0) is 43.9 Å². The van der Waals surface area contributed by atoms with Crippen LogP contribution in [0.1, 0.15) is 26.2 Å². The number of nitrogens with one attached hydrogen (secondary N) is 2. The van der Waals surface area contributed by atoms with E-state index in [1.807, 2.05) is 13.0 Å². The van der Waals surface area contributed by atoms with Crippen LogP contribution in [-0.4, -0.2) is 23.1 Å². The number of benzene rings is 1. The van der Waals surface area contributed by atoms with Gasteiger partial charge in [0.1, 0.15) is 0 Å². The molecule has 2 N–H and O–H groups in total. The van der Waals surface area contributed by atoms with Crippen LogP contribution in [0.3, 0.4) is 0 Å². The van der Waals surface area contributed by atoms with Gasteiger partial charge in [-0.25, -0.2) is 0 Å². The molecule has 1 saturated carbocycles. The lowest BCUT2D eigenvalue weighted by Crippen LogP contribution is -2.39. The Labute approximate surface area is 133 Å². The van der Waals surface area contributed by atoms with Gasteiger partial charge in [-0.1, -0.05) is 11.6 Å². The minimum atomic E-state index is -0.384. The van der Waals surface area contributed by atoms with Gasteiger partial charge in [0, 0.05) is 22.4 Å². The molecule has 0 radical (unpaired) electrons.